The number of carbonyl (C=O) groups excluding carboxylic acids is 2. The molecule has 1 aliphatic rings. The maximum atomic E-state index is 11.9. The van der Waals surface area contributed by atoms with Crippen molar-refractivity contribution in [1.29, 1.82) is 0 Å². The molecule has 0 unspecified atom stereocenters. The van der Waals surface area contributed by atoms with E-state index in [1.165, 1.54) is 12.7 Å². The van der Waals surface area contributed by atoms with E-state index in [1.54, 1.807) is 4.90 Å². The zero-order valence-corrected chi connectivity index (χ0v) is 16.5. The number of benzene rings is 2. The molecule has 2 aromatic rings. The molecule has 0 bridgehead atoms. The van der Waals surface area contributed by atoms with Gasteiger partial charge in [0.25, 0.3) is 0 Å². The van der Waals surface area contributed by atoms with Crippen LogP contribution in [0.5, 0.6) is 0 Å². The number of carbonyl (C=O) groups is 2. The van der Waals surface area contributed by atoms with Crippen LogP contribution in [0.25, 0.3) is 11.1 Å². The lowest BCUT2D eigenvalue weighted by atomic mass is 10.0. The van der Waals surface area contributed by atoms with Gasteiger partial charge in [0, 0.05) is 52.4 Å². The van der Waals surface area contributed by atoms with Crippen molar-refractivity contribution in [3.8, 4) is 11.1 Å². The number of nitrogens with one attached hydrogen (secondary N) is 1. The van der Waals surface area contributed by atoms with Crippen molar-refractivity contribution in [2.45, 2.75) is 13.0 Å². The van der Waals surface area contributed by atoms with Crippen LogP contribution in [0.3, 0.4) is 0 Å². The van der Waals surface area contributed by atoms with Crippen LogP contribution in [0.4, 0.5) is 5.69 Å². The zero-order chi connectivity index (χ0) is 19.9. The van der Waals surface area contributed by atoms with Gasteiger partial charge in [-0.1, -0.05) is 30.3 Å². The van der Waals surface area contributed by atoms with Crippen molar-refractivity contribution in [3.63, 3.8) is 0 Å². The van der Waals surface area contributed by atoms with E-state index in [1.807, 2.05) is 31.3 Å². The number of methoxy groups -OCH3 is 1. The first-order valence-electron chi connectivity index (χ1n) is 9.49. The fraction of sp³-hybridized carbons (Fsp3) is 0.364. The Labute approximate surface area is 166 Å². The van der Waals surface area contributed by atoms with Crippen molar-refractivity contribution in [1.82, 2.24) is 9.80 Å². The summed E-state index contributed by atoms with van der Waals surface area (Å²) in [5, 5.41) is 2.84. The van der Waals surface area contributed by atoms with Gasteiger partial charge in [-0.05, 0) is 34.9 Å². The van der Waals surface area contributed by atoms with Crippen molar-refractivity contribution in [3.05, 3.63) is 54.1 Å². The molecule has 0 spiro atoms. The summed E-state index contributed by atoms with van der Waals surface area (Å²) in [6, 6.07) is 16.2. The first kappa shape index (κ1) is 20.0. The van der Waals surface area contributed by atoms with Gasteiger partial charge >= 0.3 is 0 Å². The fourth-order valence-corrected chi connectivity index (χ4v) is 3.34. The third-order valence-electron chi connectivity index (χ3n) is 4.91. The quantitative estimate of drug-likeness (QED) is 0.836. The standard InChI is InChI=1S/C22H27N3O3/c1-24-11-12-25(10-9-22(24)27)15-17-5-3-6-18(13-17)19-7-4-8-20(14-19)23-21(26)16-28-2/h3-8,13-14H,9-12,15-16H2,1-2H3,(H,23,26). The number of hydrogen-bond donors (Lipinski definition) is 1. The number of likely N-dealkylation sites (N-methyl/N-ethyl adjacent to an activating group) is 1. The predicted octanol–water partition coefficient (Wildman–Crippen LogP) is 2.60. The van der Waals surface area contributed by atoms with Gasteiger partial charge in [0.1, 0.15) is 6.61 Å². The molecule has 1 aliphatic heterocycles. The average molecular weight is 381 g/mol. The van der Waals surface area contributed by atoms with Crippen molar-refractivity contribution in [2.24, 2.45) is 0 Å². The summed E-state index contributed by atoms with van der Waals surface area (Å²) in [7, 11) is 3.37. The van der Waals surface area contributed by atoms with Gasteiger partial charge in [-0.15, -0.1) is 0 Å². The third kappa shape index (κ3) is 5.41. The second kappa shape index (κ2) is 9.48. The molecule has 148 valence electrons. The molecule has 1 heterocycles. The molecule has 1 fully saturated rings. The maximum absolute atomic E-state index is 11.9. The molecule has 0 radical (unpaired) electrons. The molecule has 2 amide bonds. The summed E-state index contributed by atoms with van der Waals surface area (Å²) < 4.78 is 4.86. The largest absolute Gasteiger partial charge is 0.375 e. The van der Waals surface area contributed by atoms with Gasteiger partial charge in [0.2, 0.25) is 11.8 Å². The summed E-state index contributed by atoms with van der Waals surface area (Å²) in [4.78, 5) is 27.7. The molecular weight excluding hydrogens is 354 g/mol. The molecule has 0 aliphatic carbocycles. The number of rotatable bonds is 6. The van der Waals surface area contributed by atoms with E-state index in [9.17, 15) is 9.59 Å². The first-order valence-corrected chi connectivity index (χ1v) is 9.49. The highest BCUT2D eigenvalue weighted by Crippen LogP contribution is 2.24. The lowest BCUT2D eigenvalue weighted by Crippen LogP contribution is -2.29. The maximum Gasteiger partial charge on any atom is 0.250 e. The van der Waals surface area contributed by atoms with E-state index < -0.39 is 0 Å². The summed E-state index contributed by atoms with van der Waals surface area (Å²) in [6.45, 7) is 3.29. The van der Waals surface area contributed by atoms with Crippen LogP contribution in [0.2, 0.25) is 0 Å². The highest BCUT2D eigenvalue weighted by molar-refractivity contribution is 5.92. The number of amides is 2. The molecule has 0 saturated carbocycles. The van der Waals surface area contributed by atoms with Crippen LogP contribution in [0.15, 0.2) is 48.5 Å². The van der Waals surface area contributed by atoms with Gasteiger partial charge in [-0.25, -0.2) is 0 Å². The Bertz CT molecular complexity index is 837. The minimum Gasteiger partial charge on any atom is -0.375 e. The fourth-order valence-electron chi connectivity index (χ4n) is 3.34. The van der Waals surface area contributed by atoms with E-state index in [2.05, 4.69) is 34.5 Å². The van der Waals surface area contributed by atoms with Crippen LogP contribution >= 0.6 is 0 Å². The van der Waals surface area contributed by atoms with Gasteiger partial charge in [-0.3, -0.25) is 14.5 Å². The lowest BCUT2D eigenvalue weighted by molar-refractivity contribution is -0.129. The van der Waals surface area contributed by atoms with Gasteiger partial charge in [-0.2, -0.15) is 0 Å². The Balaban J connectivity index is 1.71. The van der Waals surface area contributed by atoms with E-state index in [4.69, 9.17) is 4.74 Å². The predicted molar refractivity (Wildman–Crippen MR) is 110 cm³/mol. The van der Waals surface area contributed by atoms with Crippen molar-refractivity contribution < 1.29 is 14.3 Å². The molecule has 0 aromatic heterocycles. The van der Waals surface area contributed by atoms with Crippen LogP contribution in [0, 0.1) is 0 Å². The van der Waals surface area contributed by atoms with E-state index >= 15 is 0 Å². The van der Waals surface area contributed by atoms with Crippen LogP contribution in [0.1, 0.15) is 12.0 Å². The topological polar surface area (TPSA) is 61.9 Å². The molecular formula is C22H27N3O3. The second-order valence-electron chi connectivity index (χ2n) is 7.10. The number of hydrogen-bond acceptors (Lipinski definition) is 4. The molecule has 2 aromatic carbocycles. The summed E-state index contributed by atoms with van der Waals surface area (Å²) in [5.41, 5.74) is 4.11. The molecule has 3 rings (SSSR count). The first-order chi connectivity index (χ1) is 13.5. The van der Waals surface area contributed by atoms with Gasteiger partial charge < -0.3 is 15.0 Å². The third-order valence-corrected chi connectivity index (χ3v) is 4.91. The Morgan fingerprint density at radius 1 is 1.07 bits per heavy atom. The monoisotopic (exact) mass is 381 g/mol. The molecule has 0 atom stereocenters. The van der Waals surface area contributed by atoms with E-state index in [0.717, 1.165) is 43.0 Å². The Morgan fingerprint density at radius 3 is 2.61 bits per heavy atom. The molecule has 1 saturated heterocycles. The number of nitrogens with zero attached hydrogens (tertiary/aromatic N) is 2. The highest BCUT2D eigenvalue weighted by atomic mass is 16.5. The molecule has 6 nitrogen and oxygen atoms in total. The van der Waals surface area contributed by atoms with Crippen LogP contribution in [-0.4, -0.2) is 62.0 Å². The summed E-state index contributed by atoms with van der Waals surface area (Å²) in [5.74, 6) is 0.0395. The average Bonchev–Trinajstić information content (AvgIpc) is 2.84. The molecule has 1 N–H and O–H groups in total. The molecule has 6 heteroatoms. The normalized spacial score (nSPS) is 15.4. The smallest absolute Gasteiger partial charge is 0.250 e. The summed E-state index contributed by atoms with van der Waals surface area (Å²) in [6.07, 6.45) is 0.569. The SMILES string of the molecule is COCC(=O)Nc1cccc(-c2cccc(CN3CCC(=O)N(C)CC3)c2)c1. The minimum absolute atomic E-state index is 0.0350. The summed E-state index contributed by atoms with van der Waals surface area (Å²) >= 11 is 0. The van der Waals surface area contributed by atoms with Crippen molar-refractivity contribution >= 4 is 17.5 Å². The highest BCUT2D eigenvalue weighted by Gasteiger charge is 2.18. The van der Waals surface area contributed by atoms with E-state index in [0.29, 0.717) is 6.42 Å². The molecule has 28 heavy (non-hydrogen) atoms. The van der Waals surface area contributed by atoms with E-state index in [-0.39, 0.29) is 18.4 Å². The van der Waals surface area contributed by atoms with Gasteiger partial charge in [0.05, 0.1) is 0 Å². The lowest BCUT2D eigenvalue weighted by Gasteiger charge is -2.20. The Kier molecular flexibility index (Phi) is 6.79. The van der Waals surface area contributed by atoms with Crippen LogP contribution < -0.4 is 5.32 Å². The Morgan fingerprint density at radius 2 is 1.82 bits per heavy atom. The zero-order valence-electron chi connectivity index (χ0n) is 16.5. The van der Waals surface area contributed by atoms with Gasteiger partial charge in [0.15, 0.2) is 0 Å². The number of ether oxygens (including phenoxy) is 1. The number of anilines is 1. The van der Waals surface area contributed by atoms with Crippen molar-refractivity contribution in [2.75, 3.05) is 45.7 Å². The van der Waals surface area contributed by atoms with Crippen LogP contribution in [-0.2, 0) is 20.9 Å². The second-order valence-corrected chi connectivity index (χ2v) is 7.10. The Hall–Kier alpha value is -2.70. The minimum atomic E-state index is -0.172.